The van der Waals surface area contributed by atoms with Crippen LogP contribution in [0.15, 0.2) is 53.5 Å². The molecule has 2 atom stereocenters. The van der Waals surface area contributed by atoms with E-state index < -0.39 is 40.9 Å². The largest absolute Gasteiger partial charge is 0.483 e. The first-order valence-electron chi connectivity index (χ1n) is 12.4. The highest BCUT2D eigenvalue weighted by Gasteiger charge is 2.42. The Morgan fingerprint density at radius 2 is 1.68 bits per heavy atom. The zero-order valence-corrected chi connectivity index (χ0v) is 20.7. The maximum atomic E-state index is 14.1. The number of aromatic nitrogens is 1. The fourth-order valence-electron chi connectivity index (χ4n) is 5.29. The fraction of sp³-hybridized carbons (Fsp3) is 0.321. The number of hydrogen-bond acceptors (Lipinski definition) is 4. The number of benzene rings is 2. The number of likely N-dealkylation sites (N-methyl/N-ethyl adjacent to an activating group) is 1. The number of nitrogens with one attached hydrogen (secondary N) is 1. The first-order chi connectivity index (χ1) is 18.3. The minimum atomic E-state index is -1.16. The van der Waals surface area contributed by atoms with Crippen LogP contribution in [-0.4, -0.2) is 34.4 Å². The molecule has 1 aromatic heterocycles. The van der Waals surface area contributed by atoms with Gasteiger partial charge in [-0.3, -0.25) is 14.4 Å². The minimum absolute atomic E-state index is 0.00869. The van der Waals surface area contributed by atoms with E-state index in [2.05, 4.69) is 5.32 Å². The zero-order valence-electron chi connectivity index (χ0n) is 20.7. The lowest BCUT2D eigenvalue weighted by Crippen LogP contribution is -2.51. The van der Waals surface area contributed by atoms with Crippen LogP contribution in [-0.2, 0) is 13.2 Å². The van der Waals surface area contributed by atoms with Gasteiger partial charge in [-0.2, -0.15) is 0 Å². The highest BCUT2D eigenvalue weighted by Crippen LogP contribution is 2.38. The summed E-state index contributed by atoms with van der Waals surface area (Å²) >= 11 is 0. The predicted octanol–water partition coefficient (Wildman–Crippen LogP) is 4.34. The number of amides is 2. The van der Waals surface area contributed by atoms with Crippen molar-refractivity contribution in [2.45, 2.75) is 50.9 Å². The van der Waals surface area contributed by atoms with E-state index in [0.717, 1.165) is 31.2 Å². The van der Waals surface area contributed by atoms with Crippen molar-refractivity contribution in [3.63, 3.8) is 0 Å². The van der Waals surface area contributed by atoms with E-state index >= 15 is 0 Å². The van der Waals surface area contributed by atoms with Crippen molar-refractivity contribution >= 4 is 11.8 Å². The van der Waals surface area contributed by atoms with E-state index in [1.807, 2.05) is 18.2 Å². The van der Waals surface area contributed by atoms with Crippen LogP contribution in [0.25, 0.3) is 0 Å². The predicted molar refractivity (Wildman–Crippen MR) is 132 cm³/mol. The molecular formula is C28H26F3N3O4. The number of ether oxygens (including phenoxy) is 1. The first kappa shape index (κ1) is 25.6. The molecule has 38 heavy (non-hydrogen) atoms. The van der Waals surface area contributed by atoms with E-state index in [-0.39, 0.29) is 41.6 Å². The van der Waals surface area contributed by atoms with Gasteiger partial charge in [0.05, 0.1) is 12.1 Å². The lowest BCUT2D eigenvalue weighted by Gasteiger charge is -2.44. The van der Waals surface area contributed by atoms with Crippen LogP contribution < -0.4 is 15.5 Å². The maximum Gasteiger partial charge on any atom is 0.274 e. The Hall–Kier alpha value is -4.08. The van der Waals surface area contributed by atoms with Crippen molar-refractivity contribution in [2.24, 2.45) is 0 Å². The molecule has 0 spiro atoms. The van der Waals surface area contributed by atoms with Gasteiger partial charge < -0.3 is 19.5 Å². The standard InChI is InChI=1S/C28H26F3N3O4/c1-33-22-9-5-6-10-23(22)34-14-19(27(36)32-13-18-20(30)11-17(29)12-21(18)31)25(35)26(24(34)28(33)37)38-15-16-7-3-2-4-8-16/h2-4,7-8,11-12,14,22-23H,5-6,9-10,13,15H2,1H3,(H,32,36)/t22-,23+/m0/s1. The van der Waals surface area contributed by atoms with E-state index in [1.165, 1.54) is 6.20 Å². The lowest BCUT2D eigenvalue weighted by molar-refractivity contribution is 0.0503. The third kappa shape index (κ3) is 4.66. The number of halogens is 3. The fourth-order valence-corrected chi connectivity index (χ4v) is 5.29. The van der Waals surface area contributed by atoms with Crippen molar-refractivity contribution in [3.05, 3.63) is 98.7 Å². The molecule has 2 aromatic carbocycles. The van der Waals surface area contributed by atoms with Crippen LogP contribution in [0, 0.1) is 17.5 Å². The Balaban J connectivity index is 1.54. The molecule has 10 heteroatoms. The first-order valence-corrected chi connectivity index (χ1v) is 12.4. The number of carbonyl (C=O) groups excluding carboxylic acids is 2. The van der Waals surface area contributed by atoms with Gasteiger partial charge in [0.2, 0.25) is 5.43 Å². The monoisotopic (exact) mass is 525 g/mol. The normalized spacial score (nSPS) is 18.5. The van der Waals surface area contributed by atoms with Gasteiger partial charge in [0.15, 0.2) is 11.4 Å². The molecule has 2 amide bonds. The summed E-state index contributed by atoms with van der Waals surface area (Å²) in [4.78, 5) is 41.7. The van der Waals surface area contributed by atoms with E-state index in [9.17, 15) is 27.6 Å². The van der Waals surface area contributed by atoms with E-state index in [1.54, 1.807) is 28.6 Å². The maximum absolute atomic E-state index is 14.1. The van der Waals surface area contributed by atoms with Crippen molar-refractivity contribution in [3.8, 4) is 5.75 Å². The average molecular weight is 526 g/mol. The van der Waals surface area contributed by atoms with Gasteiger partial charge in [0, 0.05) is 37.5 Å². The van der Waals surface area contributed by atoms with Crippen LogP contribution in [0.4, 0.5) is 13.2 Å². The Morgan fingerprint density at radius 3 is 2.37 bits per heavy atom. The zero-order chi connectivity index (χ0) is 27.0. The molecule has 5 rings (SSSR count). The number of hydrogen-bond donors (Lipinski definition) is 1. The minimum Gasteiger partial charge on any atom is -0.483 e. The molecule has 3 aromatic rings. The van der Waals surface area contributed by atoms with Crippen LogP contribution in [0.3, 0.4) is 0 Å². The highest BCUT2D eigenvalue weighted by atomic mass is 19.1. The number of rotatable bonds is 6. The SMILES string of the molecule is CN1C(=O)c2c(OCc3ccccc3)c(=O)c(C(=O)NCc3c(F)cc(F)cc3F)cn2[C@@H]2CCCC[C@@H]21. The lowest BCUT2D eigenvalue weighted by atomic mass is 9.86. The van der Waals surface area contributed by atoms with E-state index in [4.69, 9.17) is 4.74 Å². The highest BCUT2D eigenvalue weighted by molar-refractivity contribution is 5.99. The molecule has 1 saturated carbocycles. The summed E-state index contributed by atoms with van der Waals surface area (Å²) in [5, 5.41) is 2.35. The van der Waals surface area contributed by atoms with Gasteiger partial charge in [0.25, 0.3) is 11.8 Å². The number of nitrogens with zero attached hydrogens (tertiary/aromatic N) is 2. The third-order valence-electron chi connectivity index (χ3n) is 7.27. The summed E-state index contributed by atoms with van der Waals surface area (Å²) < 4.78 is 49.0. The molecule has 7 nitrogen and oxygen atoms in total. The topological polar surface area (TPSA) is 80.6 Å². The molecule has 1 aliphatic heterocycles. The Labute approximate surface area is 216 Å². The summed E-state index contributed by atoms with van der Waals surface area (Å²) in [6.07, 6.45) is 4.73. The average Bonchev–Trinajstić information content (AvgIpc) is 2.90. The molecular weight excluding hydrogens is 499 g/mol. The quantitative estimate of drug-likeness (QED) is 0.519. The van der Waals surface area contributed by atoms with Crippen molar-refractivity contribution in [1.82, 2.24) is 14.8 Å². The molecule has 0 radical (unpaired) electrons. The molecule has 1 fully saturated rings. The summed E-state index contributed by atoms with van der Waals surface area (Å²) in [5.41, 5.74) is -0.830. The van der Waals surface area contributed by atoms with Gasteiger partial charge in [-0.25, -0.2) is 13.2 Å². The van der Waals surface area contributed by atoms with Crippen LogP contribution in [0.2, 0.25) is 0 Å². The molecule has 2 aliphatic rings. The Bertz CT molecular complexity index is 1430. The van der Waals surface area contributed by atoms with Crippen molar-refractivity contribution in [2.75, 3.05) is 7.05 Å². The van der Waals surface area contributed by atoms with Crippen molar-refractivity contribution < 1.29 is 27.5 Å². The summed E-state index contributed by atoms with van der Waals surface area (Å²) in [5.74, 6) is -4.92. The summed E-state index contributed by atoms with van der Waals surface area (Å²) in [7, 11) is 1.70. The van der Waals surface area contributed by atoms with Gasteiger partial charge in [-0.15, -0.1) is 0 Å². The summed E-state index contributed by atoms with van der Waals surface area (Å²) in [6, 6.07) is 9.81. The van der Waals surface area contributed by atoms with Crippen molar-refractivity contribution in [1.29, 1.82) is 0 Å². The van der Waals surface area contributed by atoms with Gasteiger partial charge in [-0.1, -0.05) is 43.2 Å². The van der Waals surface area contributed by atoms with Gasteiger partial charge in [-0.05, 0) is 18.4 Å². The number of fused-ring (bicyclic) bond motifs is 3. The smallest absolute Gasteiger partial charge is 0.274 e. The molecule has 2 heterocycles. The second kappa shape index (κ2) is 10.4. The number of pyridine rings is 1. The van der Waals surface area contributed by atoms with Gasteiger partial charge in [0.1, 0.15) is 29.6 Å². The molecule has 198 valence electrons. The van der Waals surface area contributed by atoms with Crippen LogP contribution in [0.1, 0.15) is 63.7 Å². The Kier molecular flexibility index (Phi) is 6.96. The van der Waals surface area contributed by atoms with Crippen LogP contribution in [0.5, 0.6) is 5.75 Å². The second-order valence-corrected chi connectivity index (χ2v) is 9.60. The molecule has 0 saturated heterocycles. The van der Waals surface area contributed by atoms with Gasteiger partial charge >= 0.3 is 0 Å². The molecule has 1 aliphatic carbocycles. The molecule has 1 N–H and O–H groups in total. The molecule has 0 bridgehead atoms. The third-order valence-corrected chi connectivity index (χ3v) is 7.27. The summed E-state index contributed by atoms with van der Waals surface area (Å²) in [6.45, 7) is -0.614. The second-order valence-electron chi connectivity index (χ2n) is 9.60. The van der Waals surface area contributed by atoms with E-state index in [0.29, 0.717) is 12.1 Å². The Morgan fingerprint density at radius 1 is 1.03 bits per heavy atom. The molecule has 0 unspecified atom stereocenters. The van der Waals surface area contributed by atoms with Crippen LogP contribution >= 0.6 is 0 Å². The number of carbonyl (C=O) groups is 2.